The molecule has 0 radical (unpaired) electrons. The summed E-state index contributed by atoms with van der Waals surface area (Å²) in [5.74, 6) is -1.90. The lowest BCUT2D eigenvalue weighted by Gasteiger charge is -2.01. The van der Waals surface area contributed by atoms with Crippen LogP contribution >= 0.6 is 11.3 Å². The average molecular weight is 254 g/mol. The Morgan fingerprint density at radius 1 is 1.59 bits per heavy atom. The van der Waals surface area contributed by atoms with Crippen LogP contribution in [0.1, 0.15) is 24.0 Å². The van der Waals surface area contributed by atoms with Gasteiger partial charge >= 0.3 is 5.97 Å². The molecule has 1 aliphatic rings. The summed E-state index contributed by atoms with van der Waals surface area (Å²) in [5.41, 5.74) is 0.840. The fourth-order valence-electron chi connectivity index (χ4n) is 1.66. The van der Waals surface area contributed by atoms with Crippen molar-refractivity contribution in [1.29, 1.82) is 0 Å². The Labute approximate surface area is 103 Å². The van der Waals surface area contributed by atoms with Crippen molar-refractivity contribution in [1.82, 2.24) is 10.3 Å². The quantitative estimate of drug-likeness (QED) is 0.823. The number of aliphatic carboxylic acids is 1. The van der Waals surface area contributed by atoms with E-state index in [2.05, 4.69) is 10.3 Å². The normalized spacial score (nSPS) is 22.2. The summed E-state index contributed by atoms with van der Waals surface area (Å²) in [6.07, 6.45) is 1.35. The number of rotatable bonds is 5. The molecule has 0 spiro atoms. The van der Waals surface area contributed by atoms with E-state index in [1.165, 1.54) is 0 Å². The Hall–Kier alpha value is -1.43. The zero-order valence-corrected chi connectivity index (χ0v) is 10.3. The van der Waals surface area contributed by atoms with Crippen molar-refractivity contribution >= 4 is 23.2 Å². The summed E-state index contributed by atoms with van der Waals surface area (Å²) in [6.45, 7) is 2.42. The summed E-state index contributed by atoms with van der Waals surface area (Å²) in [6, 6.07) is 0. The first-order valence-corrected chi connectivity index (χ1v) is 6.43. The van der Waals surface area contributed by atoms with Gasteiger partial charge in [0.05, 0.1) is 29.1 Å². The Morgan fingerprint density at radius 3 is 2.88 bits per heavy atom. The number of hydrogen-bond donors (Lipinski definition) is 2. The number of nitrogens with zero attached hydrogens (tertiary/aromatic N) is 1. The van der Waals surface area contributed by atoms with Crippen LogP contribution in [0.25, 0.3) is 0 Å². The number of carboxylic acid groups (broad SMARTS) is 1. The van der Waals surface area contributed by atoms with E-state index in [4.69, 9.17) is 5.11 Å². The predicted octanol–water partition coefficient (Wildman–Crippen LogP) is 1.04. The number of hydrogen-bond acceptors (Lipinski definition) is 4. The minimum Gasteiger partial charge on any atom is -0.481 e. The van der Waals surface area contributed by atoms with Crippen molar-refractivity contribution < 1.29 is 14.7 Å². The Morgan fingerprint density at radius 2 is 2.35 bits per heavy atom. The molecular weight excluding hydrogens is 240 g/mol. The molecule has 2 rings (SSSR count). The second kappa shape index (κ2) is 4.83. The Bertz CT molecular complexity index is 444. The summed E-state index contributed by atoms with van der Waals surface area (Å²) >= 11 is 1.57. The topological polar surface area (TPSA) is 79.3 Å². The van der Waals surface area contributed by atoms with Gasteiger partial charge in [-0.05, 0) is 12.8 Å². The lowest BCUT2D eigenvalue weighted by Crippen LogP contribution is -2.26. The van der Waals surface area contributed by atoms with E-state index in [1.54, 1.807) is 11.3 Å². The molecule has 1 fully saturated rings. The first-order chi connectivity index (χ1) is 8.11. The van der Waals surface area contributed by atoms with Crippen LogP contribution in [-0.4, -0.2) is 22.0 Å². The summed E-state index contributed by atoms with van der Waals surface area (Å²) in [5, 5.41) is 14.4. The molecule has 0 saturated heterocycles. The molecule has 0 aliphatic heterocycles. The molecule has 1 amide bonds. The summed E-state index contributed by atoms with van der Waals surface area (Å²) < 4.78 is 0. The predicted molar refractivity (Wildman–Crippen MR) is 62.6 cm³/mol. The molecule has 0 bridgehead atoms. The van der Waals surface area contributed by atoms with Crippen LogP contribution in [0.5, 0.6) is 0 Å². The molecule has 6 heteroatoms. The molecule has 2 atom stereocenters. The highest BCUT2D eigenvalue weighted by Crippen LogP contribution is 2.38. The third kappa shape index (κ3) is 2.82. The molecule has 0 aromatic carbocycles. The van der Waals surface area contributed by atoms with Crippen LogP contribution in [0.3, 0.4) is 0 Å². The first kappa shape index (κ1) is 12.0. The zero-order chi connectivity index (χ0) is 12.4. The van der Waals surface area contributed by atoms with E-state index >= 15 is 0 Å². The fraction of sp³-hybridized carbons (Fsp3) is 0.545. The minimum atomic E-state index is -0.882. The zero-order valence-electron chi connectivity index (χ0n) is 9.47. The molecule has 1 aromatic heterocycles. The monoisotopic (exact) mass is 254 g/mol. The number of carboxylic acids is 1. The lowest BCUT2D eigenvalue weighted by atomic mass is 10.3. The Kier molecular flexibility index (Phi) is 3.42. The van der Waals surface area contributed by atoms with Crippen LogP contribution in [0, 0.1) is 11.8 Å². The molecule has 1 saturated carbocycles. The van der Waals surface area contributed by atoms with Gasteiger partial charge in [-0.1, -0.05) is 6.92 Å². The lowest BCUT2D eigenvalue weighted by molar-refractivity contribution is -0.140. The van der Waals surface area contributed by atoms with E-state index < -0.39 is 11.9 Å². The van der Waals surface area contributed by atoms with Crippen molar-refractivity contribution in [2.45, 2.75) is 26.3 Å². The van der Waals surface area contributed by atoms with Crippen molar-refractivity contribution in [2.24, 2.45) is 11.8 Å². The highest BCUT2D eigenvalue weighted by Gasteiger charge is 2.48. The molecule has 1 aliphatic carbocycles. The molecule has 17 heavy (non-hydrogen) atoms. The van der Waals surface area contributed by atoms with E-state index in [0.717, 1.165) is 17.1 Å². The highest BCUT2D eigenvalue weighted by molar-refractivity contribution is 7.09. The molecule has 0 unspecified atom stereocenters. The maximum absolute atomic E-state index is 11.6. The van der Waals surface area contributed by atoms with Gasteiger partial charge in [0.2, 0.25) is 5.91 Å². The largest absolute Gasteiger partial charge is 0.481 e. The number of aromatic nitrogens is 1. The first-order valence-electron chi connectivity index (χ1n) is 5.55. The van der Waals surface area contributed by atoms with Gasteiger partial charge in [0, 0.05) is 5.38 Å². The third-order valence-corrected chi connectivity index (χ3v) is 3.83. The summed E-state index contributed by atoms with van der Waals surface area (Å²) in [4.78, 5) is 26.5. The van der Waals surface area contributed by atoms with E-state index in [-0.39, 0.29) is 11.8 Å². The van der Waals surface area contributed by atoms with Gasteiger partial charge in [0.1, 0.15) is 0 Å². The van der Waals surface area contributed by atoms with Gasteiger partial charge in [-0.25, -0.2) is 4.98 Å². The highest BCUT2D eigenvalue weighted by atomic mass is 32.1. The van der Waals surface area contributed by atoms with E-state index in [9.17, 15) is 9.59 Å². The van der Waals surface area contributed by atoms with E-state index in [0.29, 0.717) is 13.0 Å². The third-order valence-electron chi connectivity index (χ3n) is 2.79. The molecule has 5 nitrogen and oxygen atoms in total. The smallest absolute Gasteiger partial charge is 0.307 e. The van der Waals surface area contributed by atoms with Gasteiger partial charge < -0.3 is 10.4 Å². The van der Waals surface area contributed by atoms with Crippen molar-refractivity contribution in [2.75, 3.05) is 0 Å². The van der Waals surface area contributed by atoms with Crippen LogP contribution in [0.2, 0.25) is 0 Å². The maximum Gasteiger partial charge on any atom is 0.307 e. The number of thiazole rings is 1. The molecule has 92 valence electrons. The van der Waals surface area contributed by atoms with Crippen molar-refractivity contribution in [3.05, 3.63) is 16.1 Å². The van der Waals surface area contributed by atoms with Gasteiger partial charge in [-0.3, -0.25) is 9.59 Å². The van der Waals surface area contributed by atoms with Gasteiger partial charge in [0.15, 0.2) is 0 Å². The average Bonchev–Trinajstić information content (AvgIpc) is 2.99. The molecule has 1 heterocycles. The minimum absolute atomic E-state index is 0.177. The van der Waals surface area contributed by atoms with Crippen LogP contribution < -0.4 is 5.32 Å². The van der Waals surface area contributed by atoms with E-state index in [1.807, 2.05) is 12.3 Å². The van der Waals surface area contributed by atoms with Gasteiger partial charge in [-0.15, -0.1) is 11.3 Å². The van der Waals surface area contributed by atoms with Gasteiger partial charge in [-0.2, -0.15) is 0 Å². The molecular formula is C11H14N2O3S. The van der Waals surface area contributed by atoms with Crippen LogP contribution in [-0.2, 0) is 22.6 Å². The standard InChI is InChI=1S/C11H14N2O3S/c1-2-9-13-6(5-17-9)4-12-10(14)7-3-8(7)11(15)16/h5,7-8H,2-4H2,1H3,(H,12,14)(H,15,16)/t7-,8+/m0/s1. The Balaban J connectivity index is 1.79. The number of amides is 1. The second-order valence-electron chi connectivity index (χ2n) is 4.09. The number of aryl methyl sites for hydroxylation is 1. The van der Waals surface area contributed by atoms with Crippen molar-refractivity contribution in [3.63, 3.8) is 0 Å². The van der Waals surface area contributed by atoms with Crippen LogP contribution in [0.4, 0.5) is 0 Å². The SMILES string of the molecule is CCc1nc(CNC(=O)[C@H]2C[C@H]2C(=O)O)cs1. The van der Waals surface area contributed by atoms with Crippen molar-refractivity contribution in [3.8, 4) is 0 Å². The molecule has 2 N–H and O–H groups in total. The number of nitrogens with one attached hydrogen (secondary N) is 1. The van der Waals surface area contributed by atoms with Crippen LogP contribution in [0.15, 0.2) is 5.38 Å². The molecule has 1 aromatic rings. The maximum atomic E-state index is 11.6. The fourth-order valence-corrected chi connectivity index (χ4v) is 2.40. The number of carbonyl (C=O) groups is 2. The summed E-state index contributed by atoms with van der Waals surface area (Å²) in [7, 11) is 0. The second-order valence-corrected chi connectivity index (χ2v) is 5.03. The van der Waals surface area contributed by atoms with Gasteiger partial charge in [0.25, 0.3) is 0 Å². The number of carbonyl (C=O) groups excluding carboxylic acids is 1.